The Labute approximate surface area is 192 Å². The minimum absolute atomic E-state index is 0.272. The molecule has 0 fully saturated rings. The minimum Gasteiger partial charge on any atom is -0.376 e. The summed E-state index contributed by atoms with van der Waals surface area (Å²) in [7, 11) is 1.50. The van der Waals surface area contributed by atoms with Gasteiger partial charge < -0.3 is 10.8 Å². The number of nitrogens with zero attached hydrogens (tertiary/aromatic N) is 2. The van der Waals surface area contributed by atoms with E-state index in [1.807, 2.05) is 36.4 Å². The van der Waals surface area contributed by atoms with E-state index in [1.54, 1.807) is 6.20 Å². The number of nitrogens with two attached hydrogens (primary N) is 1. The van der Waals surface area contributed by atoms with E-state index >= 15 is 0 Å². The highest BCUT2D eigenvalue weighted by molar-refractivity contribution is 7.19. The maximum atomic E-state index is 13.3. The van der Waals surface area contributed by atoms with Crippen LogP contribution in [0.5, 0.6) is 0 Å². The van der Waals surface area contributed by atoms with Gasteiger partial charge in [0, 0.05) is 28.7 Å². The van der Waals surface area contributed by atoms with E-state index in [1.165, 1.54) is 30.6 Å². The third kappa shape index (κ3) is 4.78. The molecule has 4 aromatic rings. The summed E-state index contributed by atoms with van der Waals surface area (Å²) in [6.45, 7) is 0.729. The first-order valence-electron chi connectivity index (χ1n) is 9.61. The van der Waals surface area contributed by atoms with Crippen LogP contribution in [0.2, 0.25) is 5.02 Å². The summed E-state index contributed by atoms with van der Waals surface area (Å²) in [6, 6.07) is 13.8. The van der Waals surface area contributed by atoms with Crippen LogP contribution < -0.4 is 5.73 Å². The molecule has 0 saturated heterocycles. The molecule has 0 aliphatic carbocycles. The summed E-state index contributed by atoms with van der Waals surface area (Å²) in [4.78, 5) is 9.61. The van der Waals surface area contributed by atoms with Crippen molar-refractivity contribution in [3.63, 3.8) is 0 Å². The quantitative estimate of drug-likeness (QED) is 0.379. The van der Waals surface area contributed by atoms with Crippen molar-refractivity contribution in [3.05, 3.63) is 82.0 Å². The van der Waals surface area contributed by atoms with Crippen molar-refractivity contribution in [2.45, 2.75) is 25.1 Å². The summed E-state index contributed by atoms with van der Waals surface area (Å²) >= 11 is 7.76. The molecule has 168 valence electrons. The van der Waals surface area contributed by atoms with Gasteiger partial charge in [-0.25, -0.2) is 0 Å². The lowest BCUT2D eigenvalue weighted by Gasteiger charge is -2.26. The molecule has 0 radical (unpaired) electrons. The summed E-state index contributed by atoms with van der Waals surface area (Å²) < 4.78 is 40.6. The summed E-state index contributed by atoms with van der Waals surface area (Å²) in [5.74, 6) is 0. The largest absolute Gasteiger partial charge is 0.421 e. The van der Waals surface area contributed by atoms with Gasteiger partial charge in [-0.05, 0) is 60.8 Å². The second-order valence-corrected chi connectivity index (χ2v) is 8.60. The van der Waals surface area contributed by atoms with Crippen LogP contribution in [0.25, 0.3) is 21.5 Å². The lowest BCUT2D eigenvalue weighted by Crippen LogP contribution is -2.39. The summed E-state index contributed by atoms with van der Waals surface area (Å²) in [5.41, 5.74) is 2.97. The van der Waals surface area contributed by atoms with Crippen molar-refractivity contribution < 1.29 is 18.3 Å². The molecule has 9 heteroatoms. The Kier molecular flexibility index (Phi) is 7.19. The molecular weight excluding hydrogens is 459 g/mol. The molecule has 1 aromatic carbocycles. The van der Waals surface area contributed by atoms with Crippen LogP contribution >= 0.6 is 22.9 Å². The van der Waals surface area contributed by atoms with Crippen molar-refractivity contribution in [2.24, 2.45) is 5.73 Å². The highest BCUT2D eigenvalue weighted by Crippen LogP contribution is 2.40. The summed E-state index contributed by atoms with van der Waals surface area (Å²) in [6.07, 6.45) is -1.33. The molecule has 3 heterocycles. The molecule has 4 nitrogen and oxygen atoms in total. The minimum atomic E-state index is -4.81. The van der Waals surface area contributed by atoms with Gasteiger partial charge in [-0.2, -0.15) is 13.2 Å². The van der Waals surface area contributed by atoms with E-state index in [0.29, 0.717) is 17.1 Å². The monoisotopic (exact) mass is 479 g/mol. The fourth-order valence-electron chi connectivity index (χ4n) is 3.14. The first-order valence-corrected chi connectivity index (χ1v) is 10.8. The number of thiophene rings is 1. The van der Waals surface area contributed by atoms with E-state index in [9.17, 15) is 18.3 Å². The average Bonchev–Trinajstić information content (AvgIpc) is 3.18. The van der Waals surface area contributed by atoms with Gasteiger partial charge >= 0.3 is 6.18 Å². The van der Waals surface area contributed by atoms with Gasteiger partial charge in [0.05, 0.1) is 10.4 Å². The topological polar surface area (TPSA) is 72.0 Å². The molecular formula is C23H21ClF3N3OS. The van der Waals surface area contributed by atoms with Crippen molar-refractivity contribution in [3.8, 4) is 11.4 Å². The lowest BCUT2D eigenvalue weighted by molar-refractivity contribution is -0.258. The third-order valence-corrected chi connectivity index (χ3v) is 6.45. The third-order valence-electron chi connectivity index (χ3n) is 4.92. The molecule has 0 aliphatic rings. The fourth-order valence-corrected chi connectivity index (χ4v) is 4.52. The maximum absolute atomic E-state index is 13.3. The second-order valence-electron chi connectivity index (χ2n) is 7.06. The SMILES string of the molecule is CC(O)(c1ccnc(-c2nccc3cc(Cc4ccccc4Cl)sc23)c1)C(F)(F)F.CN. The zero-order chi connectivity index (χ0) is 23.5. The predicted octanol–water partition coefficient (Wildman–Crippen LogP) is 5.95. The van der Waals surface area contributed by atoms with Crippen LogP contribution in [0.15, 0.2) is 60.9 Å². The number of fused-ring (bicyclic) bond motifs is 1. The Morgan fingerprint density at radius 2 is 1.72 bits per heavy atom. The van der Waals surface area contributed by atoms with Gasteiger partial charge in [-0.3, -0.25) is 9.97 Å². The van der Waals surface area contributed by atoms with E-state index in [0.717, 1.165) is 33.5 Å². The van der Waals surface area contributed by atoms with E-state index < -0.39 is 11.8 Å². The number of rotatable bonds is 4. The Morgan fingerprint density at radius 3 is 2.41 bits per heavy atom. The number of hydrogen-bond acceptors (Lipinski definition) is 5. The van der Waals surface area contributed by atoms with Crippen molar-refractivity contribution in [2.75, 3.05) is 7.05 Å². The van der Waals surface area contributed by atoms with Crippen LogP contribution in [0.1, 0.15) is 22.9 Å². The van der Waals surface area contributed by atoms with Crippen LogP contribution in [0.4, 0.5) is 13.2 Å². The Balaban J connectivity index is 0.00000141. The molecule has 0 saturated carbocycles. The smallest absolute Gasteiger partial charge is 0.376 e. The normalized spacial score (nSPS) is 13.4. The molecule has 1 unspecified atom stereocenters. The van der Waals surface area contributed by atoms with E-state index in [2.05, 4.69) is 15.7 Å². The van der Waals surface area contributed by atoms with Gasteiger partial charge in [0.15, 0.2) is 5.60 Å². The lowest BCUT2D eigenvalue weighted by atomic mass is 9.95. The van der Waals surface area contributed by atoms with E-state index in [-0.39, 0.29) is 11.3 Å². The number of alkyl halides is 3. The van der Waals surface area contributed by atoms with Crippen LogP contribution in [-0.4, -0.2) is 28.3 Å². The molecule has 32 heavy (non-hydrogen) atoms. The van der Waals surface area contributed by atoms with Crippen molar-refractivity contribution in [1.82, 2.24) is 9.97 Å². The van der Waals surface area contributed by atoms with E-state index in [4.69, 9.17) is 11.6 Å². The summed E-state index contributed by atoms with van der Waals surface area (Å²) in [5, 5.41) is 11.6. The number of hydrogen-bond donors (Lipinski definition) is 2. The number of benzene rings is 1. The van der Waals surface area contributed by atoms with Crippen LogP contribution in [-0.2, 0) is 12.0 Å². The van der Waals surface area contributed by atoms with Crippen molar-refractivity contribution in [1.29, 1.82) is 0 Å². The Morgan fingerprint density at radius 1 is 1.03 bits per heavy atom. The Bertz CT molecular complexity index is 1220. The Hall–Kier alpha value is -2.52. The van der Waals surface area contributed by atoms with Gasteiger partial charge in [0.25, 0.3) is 0 Å². The molecule has 3 N–H and O–H groups in total. The predicted molar refractivity (Wildman–Crippen MR) is 123 cm³/mol. The van der Waals surface area contributed by atoms with Gasteiger partial charge in [-0.15, -0.1) is 11.3 Å². The molecule has 3 aromatic heterocycles. The first-order chi connectivity index (χ1) is 15.2. The molecule has 0 aliphatic heterocycles. The van der Waals surface area contributed by atoms with Gasteiger partial charge in [-0.1, -0.05) is 29.8 Å². The van der Waals surface area contributed by atoms with Crippen LogP contribution in [0.3, 0.4) is 0 Å². The number of halogens is 4. The van der Waals surface area contributed by atoms with Crippen molar-refractivity contribution >= 4 is 33.0 Å². The van der Waals surface area contributed by atoms with Gasteiger partial charge in [0.1, 0.15) is 5.69 Å². The number of pyridine rings is 2. The highest BCUT2D eigenvalue weighted by atomic mass is 35.5. The van der Waals surface area contributed by atoms with Crippen LogP contribution in [0, 0.1) is 0 Å². The molecule has 4 rings (SSSR count). The highest BCUT2D eigenvalue weighted by Gasteiger charge is 2.51. The number of aliphatic hydroxyl groups is 1. The zero-order valence-electron chi connectivity index (χ0n) is 17.3. The maximum Gasteiger partial charge on any atom is 0.421 e. The average molecular weight is 480 g/mol. The molecule has 0 amide bonds. The molecule has 0 spiro atoms. The zero-order valence-corrected chi connectivity index (χ0v) is 18.9. The number of aromatic nitrogens is 2. The standard InChI is InChI=1S/C22H16ClF3N2OS.CH5N/c1-21(29,22(24,25)26)15-7-9-27-18(12-15)19-20-14(6-8-28-19)11-16(30-20)10-13-4-2-3-5-17(13)23;1-2/h2-9,11-12,29H,10H2,1H3;2H2,1H3. The fraction of sp³-hybridized carbons (Fsp3) is 0.217. The second kappa shape index (κ2) is 9.54. The molecule has 1 atom stereocenters. The molecule has 0 bridgehead atoms. The van der Waals surface area contributed by atoms with Gasteiger partial charge in [0.2, 0.25) is 0 Å². The first kappa shape index (κ1) is 24.1.